The van der Waals surface area contributed by atoms with E-state index in [1.807, 2.05) is 31.2 Å². The van der Waals surface area contributed by atoms with Gasteiger partial charge in [0.05, 0.1) is 12.4 Å². The molecule has 26 heavy (non-hydrogen) atoms. The molecule has 1 amide bonds. The summed E-state index contributed by atoms with van der Waals surface area (Å²) in [7, 11) is 1.65. The van der Waals surface area contributed by atoms with Crippen LogP contribution in [0.4, 0.5) is 0 Å². The lowest BCUT2D eigenvalue weighted by molar-refractivity contribution is -0.120. The minimum Gasteiger partial charge on any atom is -0.497 e. The second kappa shape index (κ2) is 9.07. The first-order chi connectivity index (χ1) is 12.7. The number of thioether (sulfide) groups is 1. The smallest absolute Gasteiger partial charge is 0.233 e. The van der Waals surface area contributed by atoms with Gasteiger partial charge in [0, 0.05) is 30.8 Å². The van der Waals surface area contributed by atoms with Crippen molar-refractivity contribution in [2.75, 3.05) is 13.7 Å². The lowest BCUT2D eigenvalue weighted by atomic mass is 10.1. The van der Waals surface area contributed by atoms with Crippen LogP contribution in [0.25, 0.3) is 0 Å². The van der Waals surface area contributed by atoms with Crippen LogP contribution in [-0.2, 0) is 24.2 Å². The van der Waals surface area contributed by atoms with Crippen molar-refractivity contribution in [2.45, 2.75) is 55.7 Å². The van der Waals surface area contributed by atoms with Crippen LogP contribution in [-0.4, -0.2) is 39.6 Å². The Hall–Kier alpha value is -2.02. The molecule has 1 aromatic heterocycles. The van der Waals surface area contributed by atoms with Gasteiger partial charge in [-0.3, -0.25) is 4.79 Å². The van der Waals surface area contributed by atoms with Gasteiger partial charge in [-0.1, -0.05) is 0 Å². The van der Waals surface area contributed by atoms with E-state index in [4.69, 9.17) is 4.74 Å². The topological polar surface area (TPSA) is 69.0 Å². The Kier molecular flexibility index (Phi) is 6.55. The van der Waals surface area contributed by atoms with E-state index in [0.717, 1.165) is 48.1 Å². The Morgan fingerprint density at radius 1 is 1.31 bits per heavy atom. The molecule has 7 heteroatoms. The molecule has 0 aliphatic carbocycles. The number of aromatic nitrogens is 3. The number of hydrogen-bond acceptors (Lipinski definition) is 5. The molecule has 0 bridgehead atoms. The number of aryl methyl sites for hydroxylation is 2. The van der Waals surface area contributed by atoms with Gasteiger partial charge in [-0.25, -0.2) is 0 Å². The summed E-state index contributed by atoms with van der Waals surface area (Å²) < 4.78 is 7.40. The monoisotopic (exact) mass is 374 g/mol. The Morgan fingerprint density at radius 3 is 2.88 bits per heavy atom. The predicted molar refractivity (Wildman–Crippen MR) is 103 cm³/mol. The summed E-state index contributed by atoms with van der Waals surface area (Å²) in [4.78, 5) is 13.3. The summed E-state index contributed by atoms with van der Waals surface area (Å²) >= 11 is 1.55. The number of carbonyl (C=O) groups excluding carboxylic acids is 1. The molecular formula is C19H26N4O2S. The van der Waals surface area contributed by atoms with E-state index in [0.29, 0.717) is 6.54 Å². The highest BCUT2D eigenvalue weighted by molar-refractivity contribution is 8.00. The SMILES string of the molecule is COc1ccc(S[C@H](C)C(=O)NCCCc2nnc3n2CCCC3)cc1. The fourth-order valence-corrected chi connectivity index (χ4v) is 3.96. The van der Waals surface area contributed by atoms with E-state index in [9.17, 15) is 4.79 Å². The van der Waals surface area contributed by atoms with Crippen molar-refractivity contribution in [3.8, 4) is 5.75 Å². The van der Waals surface area contributed by atoms with Gasteiger partial charge in [-0.2, -0.15) is 0 Å². The molecule has 1 atom stereocenters. The number of methoxy groups -OCH3 is 1. The number of benzene rings is 1. The lowest BCUT2D eigenvalue weighted by Crippen LogP contribution is -2.32. The highest BCUT2D eigenvalue weighted by atomic mass is 32.2. The number of carbonyl (C=O) groups is 1. The summed E-state index contributed by atoms with van der Waals surface area (Å²) in [5.74, 6) is 3.05. The largest absolute Gasteiger partial charge is 0.497 e. The van der Waals surface area contributed by atoms with Crippen molar-refractivity contribution >= 4 is 17.7 Å². The van der Waals surface area contributed by atoms with E-state index in [1.165, 1.54) is 12.8 Å². The van der Waals surface area contributed by atoms with E-state index in [2.05, 4.69) is 20.1 Å². The predicted octanol–water partition coefficient (Wildman–Crippen LogP) is 2.85. The summed E-state index contributed by atoms with van der Waals surface area (Å²) in [6.07, 6.45) is 5.17. The number of fused-ring (bicyclic) bond motifs is 1. The Labute approximate surface area is 158 Å². The molecule has 6 nitrogen and oxygen atoms in total. The average molecular weight is 375 g/mol. The number of amides is 1. The van der Waals surface area contributed by atoms with Crippen LogP contribution in [0, 0.1) is 0 Å². The molecule has 1 aliphatic rings. The van der Waals surface area contributed by atoms with E-state index < -0.39 is 0 Å². The van der Waals surface area contributed by atoms with Crippen LogP contribution in [0.15, 0.2) is 29.2 Å². The second-order valence-electron chi connectivity index (χ2n) is 6.47. The van der Waals surface area contributed by atoms with Gasteiger partial charge >= 0.3 is 0 Å². The van der Waals surface area contributed by atoms with Crippen molar-refractivity contribution in [1.82, 2.24) is 20.1 Å². The van der Waals surface area contributed by atoms with Gasteiger partial charge < -0.3 is 14.6 Å². The Balaban J connectivity index is 1.40. The van der Waals surface area contributed by atoms with E-state index in [-0.39, 0.29) is 11.2 Å². The fourth-order valence-electron chi connectivity index (χ4n) is 3.07. The van der Waals surface area contributed by atoms with Crippen molar-refractivity contribution in [3.05, 3.63) is 35.9 Å². The number of rotatable bonds is 8. The molecule has 0 saturated heterocycles. The van der Waals surface area contributed by atoms with Crippen LogP contribution in [0.3, 0.4) is 0 Å². The quantitative estimate of drug-likeness (QED) is 0.568. The Morgan fingerprint density at radius 2 is 2.12 bits per heavy atom. The third kappa shape index (κ3) is 4.78. The summed E-state index contributed by atoms with van der Waals surface area (Å²) in [5.41, 5.74) is 0. The highest BCUT2D eigenvalue weighted by Gasteiger charge is 2.16. The first kappa shape index (κ1) is 18.8. The van der Waals surface area contributed by atoms with Crippen molar-refractivity contribution < 1.29 is 9.53 Å². The molecule has 0 unspecified atom stereocenters. The van der Waals surface area contributed by atoms with Gasteiger partial charge in [0.2, 0.25) is 5.91 Å². The van der Waals surface area contributed by atoms with E-state index in [1.54, 1.807) is 18.9 Å². The number of ether oxygens (including phenoxy) is 1. The molecular weight excluding hydrogens is 348 g/mol. The number of nitrogens with one attached hydrogen (secondary N) is 1. The molecule has 0 radical (unpaired) electrons. The molecule has 2 aromatic rings. The van der Waals surface area contributed by atoms with Crippen LogP contribution in [0.2, 0.25) is 0 Å². The van der Waals surface area contributed by atoms with Gasteiger partial charge in [0.25, 0.3) is 0 Å². The summed E-state index contributed by atoms with van der Waals surface area (Å²) in [6.45, 7) is 3.62. The zero-order chi connectivity index (χ0) is 18.4. The van der Waals surface area contributed by atoms with Crippen molar-refractivity contribution in [2.24, 2.45) is 0 Å². The van der Waals surface area contributed by atoms with E-state index >= 15 is 0 Å². The maximum Gasteiger partial charge on any atom is 0.233 e. The third-order valence-electron chi connectivity index (χ3n) is 4.55. The normalized spacial score (nSPS) is 14.5. The molecule has 0 fully saturated rings. The molecule has 1 aliphatic heterocycles. The summed E-state index contributed by atoms with van der Waals surface area (Å²) in [5, 5.41) is 11.5. The van der Waals surface area contributed by atoms with Crippen LogP contribution in [0.5, 0.6) is 5.75 Å². The van der Waals surface area contributed by atoms with Gasteiger partial charge in [-0.05, 0) is 50.5 Å². The van der Waals surface area contributed by atoms with Gasteiger partial charge in [0.15, 0.2) is 0 Å². The van der Waals surface area contributed by atoms with Crippen molar-refractivity contribution in [1.29, 1.82) is 0 Å². The number of nitrogens with zero attached hydrogens (tertiary/aromatic N) is 3. The zero-order valence-corrected chi connectivity index (χ0v) is 16.2. The molecule has 0 saturated carbocycles. The molecule has 2 heterocycles. The summed E-state index contributed by atoms with van der Waals surface area (Å²) in [6, 6.07) is 7.77. The fraction of sp³-hybridized carbons (Fsp3) is 0.526. The van der Waals surface area contributed by atoms with Gasteiger partial charge in [-0.15, -0.1) is 22.0 Å². The standard InChI is InChI=1S/C19H26N4O2S/c1-14(26-16-10-8-15(25-2)9-11-16)19(24)20-12-5-7-18-22-21-17-6-3-4-13-23(17)18/h8-11,14H,3-7,12-13H2,1-2H3,(H,20,24)/t14-/m1/s1. The lowest BCUT2D eigenvalue weighted by Gasteiger charge is -2.15. The molecule has 1 N–H and O–H groups in total. The van der Waals surface area contributed by atoms with Crippen molar-refractivity contribution in [3.63, 3.8) is 0 Å². The van der Waals surface area contributed by atoms with Crippen LogP contribution < -0.4 is 10.1 Å². The van der Waals surface area contributed by atoms with Crippen LogP contribution in [0.1, 0.15) is 37.8 Å². The van der Waals surface area contributed by atoms with Gasteiger partial charge in [0.1, 0.15) is 17.4 Å². The Bertz CT molecular complexity index is 730. The second-order valence-corrected chi connectivity index (χ2v) is 7.89. The minimum atomic E-state index is -0.135. The molecule has 0 spiro atoms. The molecule has 1 aromatic carbocycles. The highest BCUT2D eigenvalue weighted by Crippen LogP contribution is 2.25. The molecule has 3 rings (SSSR count). The minimum absolute atomic E-state index is 0.0640. The average Bonchev–Trinajstić information content (AvgIpc) is 3.09. The molecule has 140 valence electrons. The first-order valence-corrected chi connectivity index (χ1v) is 10.0. The maximum atomic E-state index is 12.3. The third-order valence-corrected chi connectivity index (χ3v) is 5.67. The zero-order valence-electron chi connectivity index (χ0n) is 15.4. The van der Waals surface area contributed by atoms with Crippen LogP contribution >= 0.6 is 11.8 Å². The first-order valence-electron chi connectivity index (χ1n) is 9.17. The maximum absolute atomic E-state index is 12.3. The number of hydrogen-bond donors (Lipinski definition) is 1.